The molecule has 76 valence electrons. The van der Waals surface area contributed by atoms with Gasteiger partial charge < -0.3 is 9.84 Å². The number of methoxy groups -OCH3 is 1. The van der Waals surface area contributed by atoms with E-state index < -0.39 is 23.3 Å². The van der Waals surface area contributed by atoms with E-state index in [1.54, 1.807) is 0 Å². The van der Waals surface area contributed by atoms with Crippen LogP contribution in [0.4, 0.5) is 8.78 Å². The van der Waals surface area contributed by atoms with Gasteiger partial charge in [0.05, 0.1) is 12.7 Å². The average Bonchev–Trinajstić information content (AvgIpc) is 2.16. The van der Waals surface area contributed by atoms with Crippen LogP contribution in [0.15, 0.2) is 24.8 Å². The number of hydrogen-bond donors (Lipinski definition) is 1. The summed E-state index contributed by atoms with van der Waals surface area (Å²) in [5.41, 5.74) is -0.416. The standard InChI is InChI=1S/C10H10F2O2/c1-3-9(13)10-7(11)4-6(14-2)5-8(10)12/h3-5,9,13H,1H2,2H3. The summed E-state index contributed by atoms with van der Waals surface area (Å²) in [7, 11) is 1.30. The molecule has 0 aliphatic rings. The monoisotopic (exact) mass is 200 g/mol. The molecule has 1 N–H and O–H groups in total. The maximum atomic E-state index is 13.2. The van der Waals surface area contributed by atoms with Crippen molar-refractivity contribution in [1.82, 2.24) is 0 Å². The summed E-state index contributed by atoms with van der Waals surface area (Å²) < 4.78 is 31.1. The lowest BCUT2D eigenvalue weighted by Crippen LogP contribution is -2.02. The van der Waals surface area contributed by atoms with Gasteiger partial charge in [-0.15, -0.1) is 6.58 Å². The lowest BCUT2D eigenvalue weighted by Gasteiger charge is -2.09. The molecular formula is C10H10F2O2. The third-order valence-corrected chi connectivity index (χ3v) is 1.81. The van der Waals surface area contributed by atoms with Gasteiger partial charge in [0.25, 0.3) is 0 Å². The fourth-order valence-corrected chi connectivity index (χ4v) is 1.08. The van der Waals surface area contributed by atoms with Gasteiger partial charge in [-0.2, -0.15) is 0 Å². The van der Waals surface area contributed by atoms with Crippen LogP contribution in [0.25, 0.3) is 0 Å². The second-order valence-corrected chi connectivity index (χ2v) is 2.69. The molecule has 1 unspecified atom stereocenters. The molecule has 0 saturated carbocycles. The Kier molecular flexibility index (Phi) is 3.19. The molecule has 0 fully saturated rings. The maximum Gasteiger partial charge on any atom is 0.135 e. The lowest BCUT2D eigenvalue weighted by atomic mass is 10.1. The molecule has 0 radical (unpaired) electrons. The molecule has 0 bridgehead atoms. The summed E-state index contributed by atoms with van der Waals surface area (Å²) in [5.74, 6) is -1.64. The van der Waals surface area contributed by atoms with Gasteiger partial charge in [-0.1, -0.05) is 6.08 Å². The molecule has 0 aliphatic heterocycles. The van der Waals surface area contributed by atoms with E-state index in [4.69, 9.17) is 0 Å². The SMILES string of the molecule is C=CC(O)c1c(F)cc(OC)cc1F. The summed E-state index contributed by atoms with van der Waals surface area (Å²) in [6.45, 7) is 3.25. The van der Waals surface area contributed by atoms with Crippen LogP contribution in [0.5, 0.6) is 5.75 Å². The van der Waals surface area contributed by atoms with E-state index in [1.165, 1.54) is 7.11 Å². The molecule has 1 atom stereocenters. The van der Waals surface area contributed by atoms with Crippen molar-refractivity contribution in [1.29, 1.82) is 0 Å². The molecule has 0 amide bonds. The molecule has 1 aromatic carbocycles. The molecule has 1 rings (SSSR count). The Bertz CT molecular complexity index is 327. The summed E-state index contributed by atoms with van der Waals surface area (Å²) in [6, 6.07) is 2.01. The summed E-state index contributed by atoms with van der Waals surface area (Å²) in [4.78, 5) is 0. The molecule has 1 aromatic rings. The Morgan fingerprint density at radius 1 is 1.43 bits per heavy atom. The quantitative estimate of drug-likeness (QED) is 0.758. The van der Waals surface area contributed by atoms with Gasteiger partial charge in [0.2, 0.25) is 0 Å². The fourth-order valence-electron chi connectivity index (χ4n) is 1.08. The lowest BCUT2D eigenvalue weighted by molar-refractivity contribution is 0.217. The van der Waals surface area contributed by atoms with Crippen molar-refractivity contribution < 1.29 is 18.6 Å². The van der Waals surface area contributed by atoms with Gasteiger partial charge in [0.15, 0.2) is 0 Å². The van der Waals surface area contributed by atoms with E-state index in [-0.39, 0.29) is 5.75 Å². The van der Waals surface area contributed by atoms with Crippen LogP contribution in [-0.4, -0.2) is 12.2 Å². The maximum absolute atomic E-state index is 13.2. The van der Waals surface area contributed by atoms with Crippen molar-refractivity contribution in [2.75, 3.05) is 7.11 Å². The zero-order chi connectivity index (χ0) is 10.7. The van der Waals surface area contributed by atoms with E-state index >= 15 is 0 Å². The number of rotatable bonds is 3. The van der Waals surface area contributed by atoms with Crippen molar-refractivity contribution in [2.45, 2.75) is 6.10 Å². The summed E-state index contributed by atoms with van der Waals surface area (Å²) >= 11 is 0. The van der Waals surface area contributed by atoms with Crippen LogP contribution in [0, 0.1) is 11.6 Å². The molecule has 4 heteroatoms. The number of benzene rings is 1. The first-order valence-electron chi connectivity index (χ1n) is 3.93. The fraction of sp³-hybridized carbons (Fsp3) is 0.200. The highest BCUT2D eigenvalue weighted by molar-refractivity contribution is 5.33. The number of hydrogen-bond acceptors (Lipinski definition) is 2. The molecule has 0 heterocycles. The molecule has 0 spiro atoms. The van der Waals surface area contributed by atoms with E-state index in [1.807, 2.05) is 0 Å². The van der Waals surface area contributed by atoms with Crippen LogP contribution in [-0.2, 0) is 0 Å². The van der Waals surface area contributed by atoms with Crippen molar-refractivity contribution in [3.05, 3.63) is 42.0 Å². The minimum atomic E-state index is -1.35. The molecule has 14 heavy (non-hydrogen) atoms. The van der Waals surface area contributed by atoms with Crippen LogP contribution >= 0.6 is 0 Å². The first-order chi connectivity index (χ1) is 6.60. The molecule has 2 nitrogen and oxygen atoms in total. The second-order valence-electron chi connectivity index (χ2n) is 2.69. The highest BCUT2D eigenvalue weighted by Gasteiger charge is 2.16. The molecule has 0 aliphatic carbocycles. The van der Waals surface area contributed by atoms with E-state index in [9.17, 15) is 13.9 Å². The highest BCUT2D eigenvalue weighted by atomic mass is 19.1. The number of aliphatic hydroxyl groups excluding tert-OH is 1. The van der Waals surface area contributed by atoms with Gasteiger partial charge in [-0.3, -0.25) is 0 Å². The number of aliphatic hydroxyl groups is 1. The topological polar surface area (TPSA) is 29.5 Å². The Hall–Kier alpha value is -1.42. The van der Waals surface area contributed by atoms with Crippen LogP contribution in [0.3, 0.4) is 0 Å². The third-order valence-electron chi connectivity index (χ3n) is 1.81. The minimum absolute atomic E-state index is 0.0695. The first-order valence-corrected chi connectivity index (χ1v) is 3.93. The average molecular weight is 200 g/mol. The smallest absolute Gasteiger partial charge is 0.135 e. The van der Waals surface area contributed by atoms with Crippen molar-refractivity contribution in [3.63, 3.8) is 0 Å². The van der Waals surface area contributed by atoms with Gasteiger partial charge in [-0.25, -0.2) is 8.78 Å². The van der Waals surface area contributed by atoms with E-state index in [2.05, 4.69) is 11.3 Å². The largest absolute Gasteiger partial charge is 0.497 e. The molecule has 0 aromatic heterocycles. The van der Waals surface area contributed by atoms with Crippen LogP contribution < -0.4 is 4.74 Å². The Morgan fingerprint density at radius 2 is 1.93 bits per heavy atom. The highest BCUT2D eigenvalue weighted by Crippen LogP contribution is 2.25. The number of halogens is 2. The minimum Gasteiger partial charge on any atom is -0.497 e. The van der Waals surface area contributed by atoms with Crippen molar-refractivity contribution in [2.24, 2.45) is 0 Å². The van der Waals surface area contributed by atoms with Crippen molar-refractivity contribution >= 4 is 0 Å². The van der Waals surface area contributed by atoms with Crippen LogP contribution in [0.2, 0.25) is 0 Å². The predicted molar refractivity (Wildman–Crippen MR) is 48.1 cm³/mol. The number of ether oxygens (including phenoxy) is 1. The van der Waals surface area contributed by atoms with Gasteiger partial charge in [-0.05, 0) is 0 Å². The third kappa shape index (κ3) is 1.90. The second kappa shape index (κ2) is 4.19. The summed E-state index contributed by atoms with van der Waals surface area (Å²) in [5, 5.41) is 9.22. The Labute approximate surface area is 80.4 Å². The zero-order valence-electron chi connectivity index (χ0n) is 7.63. The van der Waals surface area contributed by atoms with E-state index in [0.717, 1.165) is 18.2 Å². The Morgan fingerprint density at radius 3 is 2.29 bits per heavy atom. The van der Waals surface area contributed by atoms with Crippen LogP contribution in [0.1, 0.15) is 11.7 Å². The first kappa shape index (κ1) is 10.7. The molecular weight excluding hydrogens is 190 g/mol. The van der Waals surface area contributed by atoms with Gasteiger partial charge in [0, 0.05) is 12.1 Å². The van der Waals surface area contributed by atoms with Crippen molar-refractivity contribution in [3.8, 4) is 5.75 Å². The van der Waals surface area contributed by atoms with Gasteiger partial charge in [0.1, 0.15) is 23.5 Å². The Balaban J connectivity index is 3.24. The summed E-state index contributed by atoms with van der Waals surface area (Å²) in [6.07, 6.45) is -0.297. The normalized spacial score (nSPS) is 12.3. The predicted octanol–water partition coefficient (Wildman–Crippen LogP) is 2.19. The molecule has 0 saturated heterocycles. The zero-order valence-corrected chi connectivity index (χ0v) is 7.63. The van der Waals surface area contributed by atoms with Gasteiger partial charge >= 0.3 is 0 Å². The van der Waals surface area contributed by atoms with E-state index in [0.29, 0.717) is 0 Å².